The first-order valence-electron chi connectivity index (χ1n) is 9.17. The second-order valence-electron chi connectivity index (χ2n) is 6.66. The van der Waals surface area contributed by atoms with Gasteiger partial charge in [-0.25, -0.2) is 4.98 Å². The van der Waals surface area contributed by atoms with Gasteiger partial charge in [0, 0.05) is 32.4 Å². The normalized spacial score (nSPS) is 13.6. The van der Waals surface area contributed by atoms with E-state index >= 15 is 0 Å². The van der Waals surface area contributed by atoms with Crippen molar-refractivity contribution in [1.82, 2.24) is 19.9 Å². The fraction of sp³-hybridized carbons (Fsp3) is 0.368. The molecule has 3 aromatic heterocycles. The number of aromatic nitrogens is 3. The highest BCUT2D eigenvalue weighted by Gasteiger charge is 2.23. The van der Waals surface area contributed by atoms with E-state index in [-0.39, 0.29) is 5.91 Å². The molecule has 0 saturated heterocycles. The molecule has 146 valence electrons. The molecule has 28 heavy (non-hydrogen) atoms. The van der Waals surface area contributed by atoms with Gasteiger partial charge < -0.3 is 15.4 Å². The summed E-state index contributed by atoms with van der Waals surface area (Å²) in [5.74, 6) is 0.692. The Morgan fingerprint density at radius 2 is 2.29 bits per heavy atom. The highest BCUT2D eigenvalue weighted by atomic mass is 32.1. The van der Waals surface area contributed by atoms with Crippen LogP contribution >= 0.6 is 11.3 Å². The Labute approximate surface area is 165 Å². The molecule has 1 saturated carbocycles. The molecule has 0 bridgehead atoms. The number of hydrogen-bond donors (Lipinski definition) is 2. The lowest BCUT2D eigenvalue weighted by Gasteiger charge is -2.09. The van der Waals surface area contributed by atoms with Crippen molar-refractivity contribution >= 4 is 35.0 Å². The number of amides is 1. The second kappa shape index (κ2) is 8.07. The van der Waals surface area contributed by atoms with Crippen molar-refractivity contribution in [3.05, 3.63) is 34.8 Å². The van der Waals surface area contributed by atoms with Gasteiger partial charge >= 0.3 is 0 Å². The van der Waals surface area contributed by atoms with Gasteiger partial charge in [-0.1, -0.05) is 0 Å². The highest BCUT2D eigenvalue weighted by molar-refractivity contribution is 7.17. The largest absolute Gasteiger partial charge is 0.385 e. The van der Waals surface area contributed by atoms with Crippen LogP contribution in [0.4, 0.5) is 5.82 Å². The molecule has 1 aliphatic carbocycles. The lowest BCUT2D eigenvalue weighted by molar-refractivity contribution is 0.0952. The predicted molar refractivity (Wildman–Crippen MR) is 107 cm³/mol. The van der Waals surface area contributed by atoms with Crippen LogP contribution in [0.2, 0.25) is 0 Å². The number of fused-ring (bicyclic) bond motifs is 1. The summed E-state index contributed by atoms with van der Waals surface area (Å²) >= 11 is 1.37. The van der Waals surface area contributed by atoms with Crippen molar-refractivity contribution in [2.75, 3.05) is 25.6 Å². The van der Waals surface area contributed by atoms with Crippen molar-refractivity contribution in [2.24, 2.45) is 0 Å². The maximum atomic E-state index is 12.3. The number of carbonyl (C=O) groups is 2. The summed E-state index contributed by atoms with van der Waals surface area (Å²) < 4.78 is 6.64. The third-order valence-electron chi connectivity index (χ3n) is 4.45. The first-order chi connectivity index (χ1) is 13.7. The van der Waals surface area contributed by atoms with Crippen LogP contribution in [0.3, 0.4) is 0 Å². The molecule has 0 aromatic carbocycles. The number of anilines is 1. The first kappa shape index (κ1) is 18.6. The van der Waals surface area contributed by atoms with E-state index in [0.29, 0.717) is 41.0 Å². The third-order valence-corrected chi connectivity index (χ3v) is 5.55. The van der Waals surface area contributed by atoms with Crippen molar-refractivity contribution in [2.45, 2.75) is 25.3 Å². The van der Waals surface area contributed by atoms with Crippen LogP contribution in [0.1, 0.15) is 39.3 Å². The molecule has 1 amide bonds. The summed E-state index contributed by atoms with van der Waals surface area (Å²) in [5.41, 5.74) is 1.66. The molecule has 3 heterocycles. The number of aldehydes is 1. The molecule has 9 heteroatoms. The zero-order chi connectivity index (χ0) is 19.5. The van der Waals surface area contributed by atoms with Crippen molar-refractivity contribution < 1.29 is 14.3 Å². The maximum absolute atomic E-state index is 12.3. The van der Waals surface area contributed by atoms with E-state index in [1.807, 2.05) is 12.1 Å². The van der Waals surface area contributed by atoms with Gasteiger partial charge in [-0.3, -0.25) is 9.59 Å². The SMILES string of the molecule is COCCCNC(=O)c1ccc(-c2cc(NC3CC3)n3ncc(C=O)c3n2)s1. The lowest BCUT2D eigenvalue weighted by Crippen LogP contribution is -2.24. The number of methoxy groups -OCH3 is 1. The van der Waals surface area contributed by atoms with Gasteiger partial charge in [-0.05, 0) is 31.4 Å². The standard InChI is InChI=1S/C19H21N5O3S/c1-27-8-2-7-20-19(26)16-6-5-15(28-16)14-9-17(22-13-3-4-13)24-18(23-14)12(11-25)10-21-24/h5-6,9-11,13,22H,2-4,7-8H2,1H3,(H,20,26). The van der Waals surface area contributed by atoms with Gasteiger partial charge in [0.15, 0.2) is 11.9 Å². The molecule has 3 aromatic rings. The van der Waals surface area contributed by atoms with Crippen LogP contribution in [0, 0.1) is 0 Å². The lowest BCUT2D eigenvalue weighted by atomic mass is 10.3. The molecular formula is C19H21N5O3S. The molecule has 0 atom stereocenters. The Bertz CT molecular complexity index is 1010. The van der Waals surface area contributed by atoms with Gasteiger partial charge in [-0.15, -0.1) is 11.3 Å². The van der Waals surface area contributed by atoms with E-state index in [0.717, 1.165) is 36.2 Å². The zero-order valence-electron chi connectivity index (χ0n) is 15.5. The van der Waals surface area contributed by atoms with Crippen LogP contribution in [0.25, 0.3) is 16.2 Å². The van der Waals surface area contributed by atoms with Crippen LogP contribution in [-0.4, -0.2) is 53.1 Å². The minimum Gasteiger partial charge on any atom is -0.385 e. The fourth-order valence-electron chi connectivity index (χ4n) is 2.83. The fourth-order valence-corrected chi connectivity index (χ4v) is 3.72. The zero-order valence-corrected chi connectivity index (χ0v) is 16.3. The summed E-state index contributed by atoms with van der Waals surface area (Å²) in [4.78, 5) is 29.8. The topological polar surface area (TPSA) is 97.6 Å². The van der Waals surface area contributed by atoms with Gasteiger partial charge in [0.05, 0.1) is 27.2 Å². The van der Waals surface area contributed by atoms with Crippen molar-refractivity contribution in [3.63, 3.8) is 0 Å². The number of ether oxygens (including phenoxy) is 1. The Morgan fingerprint density at radius 1 is 1.43 bits per heavy atom. The summed E-state index contributed by atoms with van der Waals surface area (Å²) in [6.45, 7) is 1.18. The molecule has 1 aliphatic rings. The molecule has 0 radical (unpaired) electrons. The third kappa shape index (κ3) is 3.90. The van der Waals surface area contributed by atoms with E-state index in [1.165, 1.54) is 17.5 Å². The minimum atomic E-state index is -0.109. The summed E-state index contributed by atoms with van der Waals surface area (Å²) in [6.07, 6.45) is 5.28. The Balaban J connectivity index is 1.60. The number of nitrogens with one attached hydrogen (secondary N) is 2. The summed E-state index contributed by atoms with van der Waals surface area (Å²) in [6, 6.07) is 6.02. The maximum Gasteiger partial charge on any atom is 0.261 e. The second-order valence-corrected chi connectivity index (χ2v) is 7.75. The molecule has 0 spiro atoms. The van der Waals surface area contributed by atoms with E-state index in [1.54, 1.807) is 17.7 Å². The van der Waals surface area contributed by atoms with E-state index in [2.05, 4.69) is 20.7 Å². The highest BCUT2D eigenvalue weighted by Crippen LogP contribution is 2.31. The van der Waals surface area contributed by atoms with E-state index in [9.17, 15) is 9.59 Å². The number of rotatable bonds is 9. The Hall–Kier alpha value is -2.78. The van der Waals surface area contributed by atoms with Crippen molar-refractivity contribution in [1.29, 1.82) is 0 Å². The molecule has 1 fully saturated rings. The Morgan fingerprint density at radius 3 is 3.04 bits per heavy atom. The predicted octanol–water partition coefficient (Wildman–Crippen LogP) is 2.61. The summed E-state index contributed by atoms with van der Waals surface area (Å²) in [7, 11) is 1.64. The molecule has 0 unspecified atom stereocenters. The number of nitrogens with zero attached hydrogens (tertiary/aromatic N) is 3. The van der Waals surface area contributed by atoms with Gasteiger partial charge in [0.25, 0.3) is 5.91 Å². The van der Waals surface area contributed by atoms with Crippen LogP contribution in [-0.2, 0) is 4.74 Å². The van der Waals surface area contributed by atoms with Crippen molar-refractivity contribution in [3.8, 4) is 10.6 Å². The molecule has 8 nitrogen and oxygen atoms in total. The smallest absolute Gasteiger partial charge is 0.261 e. The van der Waals surface area contributed by atoms with Crippen LogP contribution in [0.15, 0.2) is 24.4 Å². The van der Waals surface area contributed by atoms with Gasteiger partial charge in [0.2, 0.25) is 0 Å². The summed E-state index contributed by atoms with van der Waals surface area (Å²) in [5, 5.41) is 10.6. The number of thiophene rings is 1. The van der Waals surface area contributed by atoms with E-state index < -0.39 is 0 Å². The molecular weight excluding hydrogens is 378 g/mol. The quantitative estimate of drug-likeness (QED) is 0.424. The minimum absolute atomic E-state index is 0.109. The van der Waals surface area contributed by atoms with Crippen LogP contribution in [0.5, 0.6) is 0 Å². The van der Waals surface area contributed by atoms with Gasteiger partial charge in [0.1, 0.15) is 5.82 Å². The van der Waals surface area contributed by atoms with E-state index in [4.69, 9.17) is 4.74 Å². The molecule has 4 rings (SSSR count). The number of carbonyl (C=O) groups excluding carboxylic acids is 2. The molecule has 2 N–H and O–H groups in total. The molecule has 0 aliphatic heterocycles. The first-order valence-corrected chi connectivity index (χ1v) is 9.99. The van der Waals surface area contributed by atoms with Crippen LogP contribution < -0.4 is 10.6 Å². The Kier molecular flexibility index (Phi) is 5.36. The van der Waals surface area contributed by atoms with Gasteiger partial charge in [-0.2, -0.15) is 9.61 Å². The average molecular weight is 399 g/mol. The average Bonchev–Trinajstić information content (AvgIpc) is 3.21. The monoisotopic (exact) mass is 399 g/mol. The number of hydrogen-bond acceptors (Lipinski definition) is 7.